The average molecular weight is 365 g/mol. The molecular weight excluding hydrogens is 340 g/mol. The van der Waals surface area contributed by atoms with Crippen LogP contribution in [0.15, 0.2) is 18.2 Å². The first-order valence-corrected chi connectivity index (χ1v) is 9.59. The molecule has 0 spiro atoms. The lowest BCUT2D eigenvalue weighted by Gasteiger charge is -2.32. The third-order valence-corrected chi connectivity index (χ3v) is 5.77. The number of benzene rings is 1. The van der Waals surface area contributed by atoms with Crippen molar-refractivity contribution in [2.45, 2.75) is 50.2 Å². The van der Waals surface area contributed by atoms with Crippen LogP contribution in [0, 0.1) is 17.6 Å². The van der Waals surface area contributed by atoms with E-state index in [2.05, 4.69) is 0 Å². The van der Waals surface area contributed by atoms with Gasteiger partial charge in [0.1, 0.15) is 0 Å². The number of carbonyl (C=O) groups excluding carboxylic acids is 1. The lowest BCUT2D eigenvalue weighted by atomic mass is 10.1. The van der Waals surface area contributed by atoms with Crippen LogP contribution in [0.3, 0.4) is 0 Å². The standard InChI is InChI=1S/C20H25F2NO3/c21-18-4-3-13(10-19(18)22)16-11-17(16)20(24)23-7-5-14(6-8-23)26-12-15-2-1-9-25-15/h3-4,10,14-17H,1-2,5-9,11-12H2/t15?,16-,17+/m0/s1. The molecule has 4 nitrogen and oxygen atoms in total. The first-order chi connectivity index (χ1) is 12.6. The number of hydrogen-bond acceptors (Lipinski definition) is 3. The summed E-state index contributed by atoms with van der Waals surface area (Å²) in [5.41, 5.74) is 0.719. The molecule has 0 bridgehead atoms. The molecule has 3 atom stereocenters. The van der Waals surface area contributed by atoms with E-state index in [1.807, 2.05) is 4.90 Å². The SMILES string of the molecule is O=C([C@@H]1C[C@H]1c1ccc(F)c(F)c1)N1CCC(OCC2CCCO2)CC1. The molecule has 1 unspecified atom stereocenters. The van der Waals surface area contributed by atoms with E-state index in [1.165, 1.54) is 6.07 Å². The van der Waals surface area contributed by atoms with Gasteiger partial charge in [0.25, 0.3) is 0 Å². The zero-order valence-electron chi connectivity index (χ0n) is 14.8. The molecule has 1 aliphatic carbocycles. The van der Waals surface area contributed by atoms with E-state index in [9.17, 15) is 13.6 Å². The van der Waals surface area contributed by atoms with E-state index in [1.54, 1.807) is 6.07 Å². The molecule has 142 valence electrons. The number of hydrogen-bond donors (Lipinski definition) is 0. The maximum Gasteiger partial charge on any atom is 0.226 e. The molecule has 1 aromatic carbocycles. The van der Waals surface area contributed by atoms with E-state index in [-0.39, 0.29) is 30.0 Å². The van der Waals surface area contributed by atoms with Crippen molar-refractivity contribution < 1.29 is 23.0 Å². The number of likely N-dealkylation sites (tertiary alicyclic amines) is 1. The predicted molar refractivity (Wildman–Crippen MR) is 91.7 cm³/mol. The maximum atomic E-state index is 13.4. The van der Waals surface area contributed by atoms with Crippen LogP contribution in [-0.2, 0) is 14.3 Å². The second-order valence-electron chi connectivity index (χ2n) is 7.62. The van der Waals surface area contributed by atoms with Crippen LogP contribution in [0.5, 0.6) is 0 Å². The minimum absolute atomic E-state index is 0.0195. The summed E-state index contributed by atoms with van der Waals surface area (Å²) in [6, 6.07) is 3.95. The number of amides is 1. The van der Waals surface area contributed by atoms with Gasteiger partial charge < -0.3 is 14.4 Å². The Kier molecular flexibility index (Phi) is 5.23. The van der Waals surface area contributed by atoms with Gasteiger partial charge in [0.15, 0.2) is 11.6 Å². The smallest absolute Gasteiger partial charge is 0.226 e. The number of halogens is 2. The molecule has 3 aliphatic rings. The summed E-state index contributed by atoms with van der Waals surface area (Å²) in [6.45, 7) is 2.90. The van der Waals surface area contributed by atoms with Gasteiger partial charge in [-0.3, -0.25) is 4.79 Å². The molecule has 1 saturated carbocycles. The fraction of sp³-hybridized carbons (Fsp3) is 0.650. The number of nitrogens with zero attached hydrogens (tertiary/aromatic N) is 1. The van der Waals surface area contributed by atoms with Crippen molar-refractivity contribution in [3.05, 3.63) is 35.4 Å². The first-order valence-electron chi connectivity index (χ1n) is 9.59. The summed E-state index contributed by atoms with van der Waals surface area (Å²) in [5, 5.41) is 0. The predicted octanol–water partition coefficient (Wildman–Crippen LogP) is 3.25. The highest BCUT2D eigenvalue weighted by atomic mass is 19.2. The highest BCUT2D eigenvalue weighted by Gasteiger charge is 2.46. The molecule has 3 fully saturated rings. The van der Waals surface area contributed by atoms with Crippen molar-refractivity contribution >= 4 is 5.91 Å². The fourth-order valence-corrected chi connectivity index (χ4v) is 4.08. The van der Waals surface area contributed by atoms with Crippen LogP contribution in [-0.4, -0.2) is 49.3 Å². The van der Waals surface area contributed by atoms with E-state index < -0.39 is 11.6 Å². The second-order valence-corrected chi connectivity index (χ2v) is 7.62. The Labute approximate surface area is 152 Å². The maximum absolute atomic E-state index is 13.4. The first kappa shape index (κ1) is 17.9. The van der Waals surface area contributed by atoms with Crippen LogP contribution < -0.4 is 0 Å². The van der Waals surface area contributed by atoms with Gasteiger partial charge >= 0.3 is 0 Å². The molecule has 6 heteroatoms. The van der Waals surface area contributed by atoms with Gasteiger partial charge in [-0.15, -0.1) is 0 Å². The monoisotopic (exact) mass is 365 g/mol. The van der Waals surface area contributed by atoms with E-state index in [0.29, 0.717) is 19.7 Å². The molecule has 2 heterocycles. The van der Waals surface area contributed by atoms with Crippen molar-refractivity contribution in [2.75, 3.05) is 26.3 Å². The number of piperidine rings is 1. The molecular formula is C20H25F2NO3. The zero-order chi connectivity index (χ0) is 18.1. The van der Waals surface area contributed by atoms with Crippen LogP contribution in [0.4, 0.5) is 8.78 Å². The van der Waals surface area contributed by atoms with Crippen LogP contribution >= 0.6 is 0 Å². The average Bonchev–Trinajstić information content (AvgIpc) is 3.28. The van der Waals surface area contributed by atoms with E-state index in [0.717, 1.165) is 50.3 Å². The Balaban J connectivity index is 1.23. The molecule has 4 rings (SSSR count). The summed E-state index contributed by atoms with van der Waals surface area (Å²) in [7, 11) is 0. The van der Waals surface area contributed by atoms with E-state index in [4.69, 9.17) is 9.47 Å². The molecule has 0 radical (unpaired) electrons. The third kappa shape index (κ3) is 3.91. The molecule has 26 heavy (non-hydrogen) atoms. The number of ether oxygens (including phenoxy) is 2. The van der Waals surface area contributed by atoms with Gasteiger partial charge in [-0.1, -0.05) is 6.07 Å². The minimum atomic E-state index is -0.845. The normalized spacial score (nSPS) is 29.2. The molecule has 2 aliphatic heterocycles. The third-order valence-electron chi connectivity index (χ3n) is 5.77. The molecule has 2 saturated heterocycles. The Morgan fingerprint density at radius 2 is 2.00 bits per heavy atom. The highest BCUT2D eigenvalue weighted by Crippen LogP contribution is 2.48. The Morgan fingerprint density at radius 1 is 1.19 bits per heavy atom. The molecule has 0 aromatic heterocycles. The molecule has 1 amide bonds. The summed E-state index contributed by atoms with van der Waals surface area (Å²) >= 11 is 0. The Morgan fingerprint density at radius 3 is 2.69 bits per heavy atom. The van der Waals surface area contributed by atoms with Gasteiger partial charge in [0.05, 0.1) is 18.8 Å². The fourth-order valence-electron chi connectivity index (χ4n) is 4.08. The van der Waals surface area contributed by atoms with Gasteiger partial charge in [-0.2, -0.15) is 0 Å². The highest BCUT2D eigenvalue weighted by molar-refractivity contribution is 5.83. The largest absolute Gasteiger partial charge is 0.376 e. The second kappa shape index (κ2) is 7.61. The van der Waals surface area contributed by atoms with Crippen molar-refractivity contribution in [1.82, 2.24) is 4.90 Å². The number of carbonyl (C=O) groups is 1. The lowest BCUT2D eigenvalue weighted by molar-refractivity contribution is -0.135. The molecule has 0 N–H and O–H groups in total. The van der Waals surface area contributed by atoms with Crippen molar-refractivity contribution in [2.24, 2.45) is 5.92 Å². The van der Waals surface area contributed by atoms with E-state index >= 15 is 0 Å². The van der Waals surface area contributed by atoms with Crippen LogP contribution in [0.2, 0.25) is 0 Å². The van der Waals surface area contributed by atoms with Gasteiger partial charge in [-0.05, 0) is 55.7 Å². The lowest BCUT2D eigenvalue weighted by Crippen LogP contribution is -2.42. The van der Waals surface area contributed by atoms with Crippen molar-refractivity contribution in [3.63, 3.8) is 0 Å². The Bertz CT molecular complexity index is 654. The van der Waals surface area contributed by atoms with Crippen LogP contribution in [0.1, 0.15) is 43.6 Å². The quantitative estimate of drug-likeness (QED) is 0.804. The van der Waals surface area contributed by atoms with Crippen molar-refractivity contribution in [1.29, 1.82) is 0 Å². The van der Waals surface area contributed by atoms with Crippen LogP contribution in [0.25, 0.3) is 0 Å². The summed E-state index contributed by atoms with van der Waals surface area (Å²) in [5.74, 6) is -1.63. The number of rotatable bonds is 5. The van der Waals surface area contributed by atoms with Gasteiger partial charge in [0.2, 0.25) is 5.91 Å². The Hall–Kier alpha value is -1.53. The summed E-state index contributed by atoms with van der Waals surface area (Å²) in [4.78, 5) is 14.6. The van der Waals surface area contributed by atoms with Gasteiger partial charge in [0, 0.05) is 25.6 Å². The minimum Gasteiger partial charge on any atom is -0.376 e. The topological polar surface area (TPSA) is 38.8 Å². The molecule has 1 aromatic rings. The zero-order valence-corrected chi connectivity index (χ0v) is 14.8. The van der Waals surface area contributed by atoms with Gasteiger partial charge in [-0.25, -0.2) is 8.78 Å². The van der Waals surface area contributed by atoms with Crippen molar-refractivity contribution in [3.8, 4) is 0 Å². The summed E-state index contributed by atoms with van der Waals surface area (Å²) < 4.78 is 38.0. The summed E-state index contributed by atoms with van der Waals surface area (Å²) in [6.07, 6.45) is 5.04.